The Kier molecular flexibility index (Phi) is 5.85. The minimum Gasteiger partial charge on any atom is -0.450 e. The molecule has 1 atom stereocenters. The summed E-state index contributed by atoms with van der Waals surface area (Å²) in [5.41, 5.74) is -0.870. The topological polar surface area (TPSA) is 52.6 Å². The molecule has 1 unspecified atom stereocenters. The molecule has 0 spiro atoms. The van der Waals surface area contributed by atoms with E-state index in [1.807, 2.05) is 0 Å². The fraction of sp³-hybridized carbons (Fsp3) is 0.538. The van der Waals surface area contributed by atoms with Crippen LogP contribution in [0.4, 0.5) is 0 Å². The zero-order chi connectivity index (χ0) is 13.5. The maximum Gasteiger partial charge on any atom is 0.304 e. The molecule has 0 rings (SSSR count). The van der Waals surface area contributed by atoms with Crippen LogP contribution >= 0.6 is 0 Å². The normalized spacial score (nSPS) is 11.1. The molecule has 0 bridgehead atoms. The predicted octanol–water partition coefficient (Wildman–Crippen LogP) is 1.29. The lowest BCUT2D eigenvalue weighted by atomic mass is 10.1. The third-order valence-corrected chi connectivity index (χ3v) is 1.44. The molecule has 0 aromatic carbocycles. The number of hydrogen-bond donors (Lipinski definition) is 0. The first kappa shape index (κ1) is 15.1. The fourth-order valence-corrected chi connectivity index (χ4v) is 0.983. The quantitative estimate of drug-likeness (QED) is 0.535. The molecule has 4 nitrogen and oxygen atoms in total. The van der Waals surface area contributed by atoms with Gasteiger partial charge in [0.2, 0.25) is 0 Å². The van der Waals surface area contributed by atoms with Crippen molar-refractivity contribution in [3.8, 4) is 23.7 Å². The van der Waals surface area contributed by atoms with Crippen molar-refractivity contribution in [1.29, 1.82) is 0 Å². The van der Waals surface area contributed by atoms with E-state index in [-0.39, 0.29) is 5.97 Å². The van der Waals surface area contributed by atoms with Crippen LogP contribution in [-0.4, -0.2) is 23.6 Å². The van der Waals surface area contributed by atoms with Crippen molar-refractivity contribution in [2.24, 2.45) is 0 Å². The first-order valence-electron chi connectivity index (χ1n) is 5.12. The van der Waals surface area contributed by atoms with E-state index < -0.39 is 17.7 Å². The van der Waals surface area contributed by atoms with Gasteiger partial charge in [-0.15, -0.1) is 0 Å². The van der Waals surface area contributed by atoms with Gasteiger partial charge in [-0.2, -0.15) is 0 Å². The monoisotopic (exact) mass is 236 g/mol. The van der Waals surface area contributed by atoms with Crippen molar-refractivity contribution in [3.63, 3.8) is 0 Å². The standard InChI is InChI=1S/C13H16O4/c1-10(16-11(2)14)8-6-7-9-13(4,5)17-12(3)15/h10H,1-5H3. The molecule has 0 aromatic rings. The molecule has 17 heavy (non-hydrogen) atoms. The van der Waals surface area contributed by atoms with Gasteiger partial charge in [-0.25, -0.2) is 0 Å². The van der Waals surface area contributed by atoms with Gasteiger partial charge in [-0.1, -0.05) is 0 Å². The van der Waals surface area contributed by atoms with E-state index in [0.717, 1.165) is 0 Å². The average molecular weight is 236 g/mol. The molecule has 0 amide bonds. The molecule has 0 N–H and O–H groups in total. The molecule has 0 aliphatic heterocycles. The summed E-state index contributed by atoms with van der Waals surface area (Å²) >= 11 is 0. The van der Waals surface area contributed by atoms with E-state index >= 15 is 0 Å². The van der Waals surface area contributed by atoms with Crippen LogP contribution in [0.5, 0.6) is 0 Å². The second-order valence-corrected chi connectivity index (χ2v) is 3.87. The molecule has 0 aliphatic carbocycles. The van der Waals surface area contributed by atoms with Crippen molar-refractivity contribution in [3.05, 3.63) is 0 Å². The Hall–Kier alpha value is -1.94. The van der Waals surface area contributed by atoms with Crippen molar-refractivity contribution in [2.45, 2.75) is 46.3 Å². The number of carbonyl (C=O) groups is 2. The van der Waals surface area contributed by atoms with E-state index in [0.29, 0.717) is 0 Å². The Morgan fingerprint density at radius 1 is 1.12 bits per heavy atom. The summed E-state index contributed by atoms with van der Waals surface area (Å²) in [5, 5.41) is 0. The van der Waals surface area contributed by atoms with E-state index in [1.54, 1.807) is 20.8 Å². The number of esters is 2. The fourth-order valence-electron chi connectivity index (χ4n) is 0.983. The highest BCUT2D eigenvalue weighted by atomic mass is 16.6. The minimum absolute atomic E-state index is 0.389. The van der Waals surface area contributed by atoms with Crippen LogP contribution in [0, 0.1) is 23.7 Å². The van der Waals surface area contributed by atoms with E-state index in [9.17, 15) is 9.59 Å². The lowest BCUT2D eigenvalue weighted by molar-refractivity contribution is -0.149. The minimum atomic E-state index is -0.870. The summed E-state index contributed by atoms with van der Waals surface area (Å²) in [7, 11) is 0. The van der Waals surface area contributed by atoms with Gasteiger partial charge in [0.1, 0.15) is 0 Å². The van der Waals surface area contributed by atoms with E-state index in [2.05, 4.69) is 23.7 Å². The van der Waals surface area contributed by atoms with Crippen LogP contribution in [0.1, 0.15) is 34.6 Å². The van der Waals surface area contributed by atoms with E-state index in [1.165, 1.54) is 13.8 Å². The molecule has 4 heteroatoms. The third kappa shape index (κ3) is 9.02. The molecule has 92 valence electrons. The summed E-state index contributed by atoms with van der Waals surface area (Å²) in [6.07, 6.45) is -0.501. The van der Waals surface area contributed by atoms with Gasteiger partial charge in [0.25, 0.3) is 0 Å². The highest BCUT2D eigenvalue weighted by Gasteiger charge is 2.16. The van der Waals surface area contributed by atoms with Crippen LogP contribution in [0.15, 0.2) is 0 Å². The Balaban J connectivity index is 4.42. The summed E-state index contributed by atoms with van der Waals surface area (Å²) in [4.78, 5) is 21.3. The number of carbonyl (C=O) groups excluding carboxylic acids is 2. The first-order valence-corrected chi connectivity index (χ1v) is 5.12. The number of rotatable bonds is 2. The van der Waals surface area contributed by atoms with Crippen LogP contribution in [-0.2, 0) is 19.1 Å². The maximum atomic E-state index is 10.7. The SMILES string of the molecule is CC(=O)OC(C)C#CC#CC(C)(C)OC(C)=O. The van der Waals surface area contributed by atoms with Gasteiger partial charge in [0, 0.05) is 13.8 Å². The smallest absolute Gasteiger partial charge is 0.304 e. The third-order valence-electron chi connectivity index (χ3n) is 1.44. The summed E-state index contributed by atoms with van der Waals surface area (Å²) < 4.78 is 9.72. The Labute approximate surface area is 102 Å². The average Bonchev–Trinajstić information content (AvgIpc) is 2.09. The van der Waals surface area contributed by atoms with Crippen LogP contribution < -0.4 is 0 Å². The highest BCUT2D eigenvalue weighted by Crippen LogP contribution is 2.06. The van der Waals surface area contributed by atoms with Gasteiger partial charge in [0.15, 0.2) is 11.7 Å². The largest absolute Gasteiger partial charge is 0.450 e. The predicted molar refractivity (Wildman–Crippen MR) is 62.6 cm³/mol. The number of ether oxygens (including phenoxy) is 2. The Bertz CT molecular complexity index is 412. The van der Waals surface area contributed by atoms with Crippen molar-refractivity contribution >= 4 is 11.9 Å². The zero-order valence-electron chi connectivity index (χ0n) is 10.7. The summed E-state index contributed by atoms with van der Waals surface area (Å²) in [6.45, 7) is 7.61. The summed E-state index contributed by atoms with van der Waals surface area (Å²) in [6, 6.07) is 0. The first-order chi connectivity index (χ1) is 7.73. The maximum absolute atomic E-state index is 10.7. The van der Waals surface area contributed by atoms with Crippen LogP contribution in [0.3, 0.4) is 0 Å². The van der Waals surface area contributed by atoms with Crippen molar-refractivity contribution in [1.82, 2.24) is 0 Å². The lowest BCUT2D eigenvalue weighted by Gasteiger charge is -2.16. The molecule has 0 aromatic heterocycles. The Morgan fingerprint density at radius 3 is 2.18 bits per heavy atom. The van der Waals surface area contributed by atoms with Gasteiger partial charge in [0.05, 0.1) is 0 Å². The van der Waals surface area contributed by atoms with Gasteiger partial charge in [-0.3, -0.25) is 9.59 Å². The van der Waals surface area contributed by atoms with Gasteiger partial charge >= 0.3 is 11.9 Å². The lowest BCUT2D eigenvalue weighted by Crippen LogP contribution is -2.24. The van der Waals surface area contributed by atoms with Crippen LogP contribution in [0.2, 0.25) is 0 Å². The van der Waals surface area contributed by atoms with Crippen LogP contribution in [0.25, 0.3) is 0 Å². The highest BCUT2D eigenvalue weighted by molar-refractivity contribution is 5.67. The molecule has 0 fully saturated rings. The van der Waals surface area contributed by atoms with Gasteiger partial charge in [-0.05, 0) is 44.5 Å². The Morgan fingerprint density at radius 2 is 1.71 bits per heavy atom. The zero-order valence-corrected chi connectivity index (χ0v) is 10.7. The molecular formula is C13H16O4. The second kappa shape index (κ2) is 6.60. The van der Waals surface area contributed by atoms with Crippen molar-refractivity contribution < 1.29 is 19.1 Å². The molecular weight excluding hydrogens is 220 g/mol. The summed E-state index contributed by atoms with van der Waals surface area (Å²) in [5.74, 6) is 9.63. The second-order valence-electron chi connectivity index (χ2n) is 3.87. The molecule has 0 radical (unpaired) electrons. The van der Waals surface area contributed by atoms with Crippen molar-refractivity contribution in [2.75, 3.05) is 0 Å². The van der Waals surface area contributed by atoms with E-state index in [4.69, 9.17) is 9.47 Å². The number of hydrogen-bond acceptors (Lipinski definition) is 4. The molecule has 0 aliphatic rings. The van der Waals surface area contributed by atoms with Gasteiger partial charge < -0.3 is 9.47 Å². The molecule has 0 heterocycles. The molecule has 0 saturated heterocycles. The molecule has 0 saturated carbocycles.